The molecule has 1 N–H and O–H groups in total. The van der Waals surface area contributed by atoms with Crippen LogP contribution in [0.2, 0.25) is 0 Å². The Balaban J connectivity index is 1.76. The molecule has 1 aliphatic heterocycles. The van der Waals surface area contributed by atoms with Gasteiger partial charge in [0.2, 0.25) is 0 Å². The van der Waals surface area contributed by atoms with Gasteiger partial charge in [-0.2, -0.15) is 5.10 Å². The number of amides is 1. The zero-order chi connectivity index (χ0) is 21.8. The normalized spacial score (nSPS) is 15.4. The van der Waals surface area contributed by atoms with Crippen LogP contribution in [0.15, 0.2) is 48.5 Å². The molecule has 1 aliphatic rings. The number of carbonyl (C=O) groups excluding carboxylic acids is 1. The Morgan fingerprint density at radius 2 is 1.94 bits per heavy atom. The number of carbonyl (C=O) groups is 1. The molecule has 0 spiro atoms. The van der Waals surface area contributed by atoms with Crippen molar-refractivity contribution in [2.75, 3.05) is 26.9 Å². The van der Waals surface area contributed by atoms with Crippen molar-refractivity contribution < 1.29 is 14.3 Å². The van der Waals surface area contributed by atoms with Crippen molar-refractivity contribution >= 4 is 5.91 Å². The predicted molar refractivity (Wildman–Crippen MR) is 120 cm³/mol. The number of nitrogens with one attached hydrogen (secondary N) is 1. The average molecular weight is 420 g/mol. The number of unbranched alkanes of at least 4 members (excludes halogenated alkanes) is 1. The molecule has 31 heavy (non-hydrogen) atoms. The van der Waals surface area contributed by atoms with Crippen LogP contribution in [0.4, 0.5) is 0 Å². The first-order chi connectivity index (χ1) is 15.1. The topological polar surface area (TPSA) is 67.5 Å². The number of rotatable bonds is 9. The van der Waals surface area contributed by atoms with E-state index in [0.29, 0.717) is 25.5 Å². The summed E-state index contributed by atoms with van der Waals surface area (Å²) in [5, 5.41) is 7.53. The molecule has 0 saturated heterocycles. The number of hydrogen-bond acceptors (Lipinski definition) is 4. The van der Waals surface area contributed by atoms with Gasteiger partial charge < -0.3 is 14.4 Å². The molecule has 4 rings (SSSR count). The molecule has 0 aliphatic carbocycles. The van der Waals surface area contributed by atoms with Gasteiger partial charge in [-0.15, -0.1) is 0 Å². The van der Waals surface area contributed by atoms with Crippen molar-refractivity contribution in [1.82, 2.24) is 15.1 Å². The van der Waals surface area contributed by atoms with Crippen molar-refractivity contribution in [3.8, 4) is 17.0 Å². The van der Waals surface area contributed by atoms with E-state index < -0.39 is 0 Å². The Kier molecular flexibility index (Phi) is 6.37. The van der Waals surface area contributed by atoms with Crippen molar-refractivity contribution in [2.24, 2.45) is 0 Å². The fourth-order valence-electron chi connectivity index (χ4n) is 4.00. The maximum Gasteiger partial charge on any atom is 0.273 e. The van der Waals surface area contributed by atoms with E-state index in [4.69, 9.17) is 9.47 Å². The fraction of sp³-hybridized carbons (Fsp3) is 0.360. The molecule has 2 heterocycles. The average Bonchev–Trinajstić information content (AvgIpc) is 3.32. The monoisotopic (exact) mass is 419 g/mol. The Bertz CT molecular complexity index is 1040. The molecule has 6 heteroatoms. The number of fused-ring (bicyclic) bond motifs is 1. The van der Waals surface area contributed by atoms with Gasteiger partial charge >= 0.3 is 0 Å². The third-order valence-corrected chi connectivity index (χ3v) is 5.67. The lowest BCUT2D eigenvalue weighted by molar-refractivity contribution is 0.0677. The molecular weight excluding hydrogens is 390 g/mol. The number of methoxy groups -OCH3 is 1. The maximum atomic E-state index is 13.2. The zero-order valence-electron chi connectivity index (χ0n) is 18.4. The van der Waals surface area contributed by atoms with Gasteiger partial charge in [-0.3, -0.25) is 9.89 Å². The smallest absolute Gasteiger partial charge is 0.273 e. The first-order valence-electron chi connectivity index (χ1n) is 10.8. The molecule has 1 atom stereocenters. The number of hydrogen-bond donors (Lipinski definition) is 1. The highest BCUT2D eigenvalue weighted by Crippen LogP contribution is 2.43. The first-order valence-corrected chi connectivity index (χ1v) is 10.8. The lowest BCUT2D eigenvalue weighted by Crippen LogP contribution is -2.32. The van der Waals surface area contributed by atoms with E-state index in [2.05, 4.69) is 48.3 Å². The van der Waals surface area contributed by atoms with Crippen molar-refractivity contribution in [1.29, 1.82) is 0 Å². The van der Waals surface area contributed by atoms with E-state index in [9.17, 15) is 4.79 Å². The summed E-state index contributed by atoms with van der Waals surface area (Å²) in [5.74, 6) is 0.763. The molecular formula is C25H29N3O3. The molecule has 0 saturated carbocycles. The molecule has 6 nitrogen and oxygen atoms in total. The number of aromatic nitrogens is 2. The molecule has 0 radical (unpaired) electrons. The van der Waals surface area contributed by atoms with Gasteiger partial charge in [0.1, 0.15) is 11.4 Å². The summed E-state index contributed by atoms with van der Waals surface area (Å²) in [6.07, 6.45) is 2.09. The highest BCUT2D eigenvalue weighted by atomic mass is 16.5. The molecule has 2 aromatic carbocycles. The molecule has 0 fully saturated rings. The van der Waals surface area contributed by atoms with E-state index in [-0.39, 0.29) is 11.9 Å². The van der Waals surface area contributed by atoms with E-state index in [1.54, 1.807) is 7.11 Å². The van der Waals surface area contributed by atoms with Crippen LogP contribution >= 0.6 is 0 Å². The summed E-state index contributed by atoms with van der Waals surface area (Å²) in [7, 11) is 1.65. The third-order valence-electron chi connectivity index (χ3n) is 5.67. The van der Waals surface area contributed by atoms with Gasteiger partial charge in [0.15, 0.2) is 0 Å². The highest BCUT2D eigenvalue weighted by molar-refractivity contribution is 6.00. The van der Waals surface area contributed by atoms with Gasteiger partial charge in [0.05, 0.1) is 24.9 Å². The number of aryl methyl sites for hydroxylation is 1. The van der Waals surface area contributed by atoms with E-state index in [1.165, 1.54) is 5.56 Å². The maximum absolute atomic E-state index is 13.2. The summed E-state index contributed by atoms with van der Waals surface area (Å²) in [4.78, 5) is 15.1. The summed E-state index contributed by atoms with van der Waals surface area (Å²) in [5.41, 5.74) is 5.45. The minimum absolute atomic E-state index is 0.0554. The largest absolute Gasteiger partial charge is 0.494 e. The molecule has 162 valence electrons. The van der Waals surface area contributed by atoms with Crippen LogP contribution < -0.4 is 4.74 Å². The van der Waals surface area contributed by atoms with Crippen molar-refractivity contribution in [2.45, 2.75) is 32.7 Å². The summed E-state index contributed by atoms with van der Waals surface area (Å²) < 4.78 is 11.2. The molecule has 1 amide bonds. The predicted octanol–water partition coefficient (Wildman–Crippen LogP) is 4.76. The second-order valence-corrected chi connectivity index (χ2v) is 7.90. The number of nitrogens with zero attached hydrogens (tertiary/aromatic N) is 2. The van der Waals surface area contributed by atoms with E-state index in [1.807, 2.05) is 29.2 Å². The Hall–Kier alpha value is -3.12. The number of benzene rings is 2. The Labute approximate surface area is 183 Å². The van der Waals surface area contributed by atoms with Crippen LogP contribution in [-0.4, -0.2) is 47.9 Å². The first kappa shape index (κ1) is 21.1. The summed E-state index contributed by atoms with van der Waals surface area (Å²) >= 11 is 0. The van der Waals surface area contributed by atoms with Crippen LogP contribution in [0.25, 0.3) is 11.3 Å². The number of aromatic amines is 1. The number of H-pyrrole nitrogens is 1. The second-order valence-electron chi connectivity index (χ2n) is 7.90. The Morgan fingerprint density at radius 1 is 1.13 bits per heavy atom. The van der Waals surface area contributed by atoms with Crippen LogP contribution in [0.5, 0.6) is 5.75 Å². The highest BCUT2D eigenvalue weighted by Gasteiger charge is 2.42. The van der Waals surface area contributed by atoms with Gasteiger partial charge in [0.25, 0.3) is 5.91 Å². The molecule has 1 unspecified atom stereocenters. The molecule has 3 aromatic rings. The zero-order valence-corrected chi connectivity index (χ0v) is 18.4. The van der Waals surface area contributed by atoms with Crippen molar-refractivity contribution in [3.05, 3.63) is 70.9 Å². The minimum atomic E-state index is -0.248. The third kappa shape index (κ3) is 4.21. The second kappa shape index (κ2) is 9.35. The molecule has 1 aromatic heterocycles. The van der Waals surface area contributed by atoms with Crippen LogP contribution in [0.1, 0.15) is 53.0 Å². The molecule has 0 bridgehead atoms. The van der Waals surface area contributed by atoms with E-state index in [0.717, 1.165) is 41.0 Å². The standard InChI is InChI=1S/C25H29N3O3/c1-4-5-14-31-20-8-6-7-19(16-20)24-21-22(18-11-9-17(2)10-12-18)26-27-23(21)25(29)28(24)13-15-30-3/h6-12,16,24H,4-5,13-15H2,1-3H3,(H,26,27). The van der Waals surface area contributed by atoms with Crippen LogP contribution in [0, 0.1) is 6.92 Å². The van der Waals surface area contributed by atoms with E-state index >= 15 is 0 Å². The van der Waals surface area contributed by atoms with Gasteiger partial charge in [-0.1, -0.05) is 55.3 Å². The van der Waals surface area contributed by atoms with Gasteiger partial charge in [0, 0.05) is 24.8 Å². The summed E-state index contributed by atoms with van der Waals surface area (Å²) in [6.45, 7) is 5.85. The van der Waals surface area contributed by atoms with Gasteiger partial charge in [-0.05, 0) is 31.0 Å². The number of ether oxygens (including phenoxy) is 2. The minimum Gasteiger partial charge on any atom is -0.494 e. The quantitative estimate of drug-likeness (QED) is 0.508. The SMILES string of the molecule is CCCCOc1cccc(C2c3c(-c4ccc(C)cc4)n[nH]c3C(=O)N2CCOC)c1. The van der Waals surface area contributed by atoms with Gasteiger partial charge in [-0.25, -0.2) is 0 Å². The fourth-order valence-corrected chi connectivity index (χ4v) is 4.00. The van der Waals surface area contributed by atoms with Crippen LogP contribution in [0.3, 0.4) is 0 Å². The summed E-state index contributed by atoms with van der Waals surface area (Å²) in [6, 6.07) is 16.0. The Morgan fingerprint density at radius 3 is 2.68 bits per heavy atom. The van der Waals surface area contributed by atoms with Crippen LogP contribution in [-0.2, 0) is 4.74 Å². The van der Waals surface area contributed by atoms with Crippen molar-refractivity contribution in [3.63, 3.8) is 0 Å². The lowest BCUT2D eigenvalue weighted by Gasteiger charge is -2.26. The lowest BCUT2D eigenvalue weighted by atomic mass is 9.95.